The van der Waals surface area contributed by atoms with Gasteiger partial charge in [0.25, 0.3) is 5.91 Å². The molecule has 2 aromatic carbocycles. The Kier molecular flexibility index (Phi) is 8.33. The molecular formula is C22H27ClN2O3. The number of likely N-dealkylation sites (N-methyl/N-ethyl adjacent to an activating group) is 1. The molecule has 0 heterocycles. The molecule has 0 fully saturated rings. The molecule has 28 heavy (non-hydrogen) atoms. The Labute approximate surface area is 171 Å². The Bertz CT molecular complexity index is 775. The van der Waals surface area contributed by atoms with Crippen molar-refractivity contribution < 1.29 is 14.3 Å². The maximum absolute atomic E-state index is 12.9. The third kappa shape index (κ3) is 5.99. The lowest BCUT2D eigenvalue weighted by Gasteiger charge is -2.30. The van der Waals surface area contributed by atoms with Gasteiger partial charge in [-0.05, 0) is 48.2 Å². The fourth-order valence-electron chi connectivity index (χ4n) is 2.92. The zero-order valence-electron chi connectivity index (χ0n) is 16.6. The molecule has 1 atom stereocenters. The summed E-state index contributed by atoms with van der Waals surface area (Å²) in [5.74, 6) is 0.187. The van der Waals surface area contributed by atoms with Gasteiger partial charge in [-0.15, -0.1) is 0 Å². The van der Waals surface area contributed by atoms with E-state index in [1.807, 2.05) is 43.3 Å². The van der Waals surface area contributed by atoms with Crippen molar-refractivity contribution in [2.24, 2.45) is 0 Å². The summed E-state index contributed by atoms with van der Waals surface area (Å²) in [6, 6.07) is 14.3. The van der Waals surface area contributed by atoms with Crippen molar-refractivity contribution in [3.05, 3.63) is 64.7 Å². The van der Waals surface area contributed by atoms with Gasteiger partial charge in [-0.1, -0.05) is 49.7 Å². The van der Waals surface area contributed by atoms with Crippen LogP contribution in [0.5, 0.6) is 5.75 Å². The number of nitrogens with zero attached hydrogens (tertiary/aromatic N) is 1. The van der Waals surface area contributed by atoms with Crippen molar-refractivity contribution in [1.29, 1.82) is 0 Å². The molecule has 150 valence electrons. The highest BCUT2D eigenvalue weighted by molar-refractivity contribution is 6.30. The number of halogens is 1. The highest BCUT2D eigenvalue weighted by Crippen LogP contribution is 2.17. The van der Waals surface area contributed by atoms with Crippen LogP contribution in [0.25, 0.3) is 0 Å². The standard InChI is InChI=1S/C22H27ClN2O3/c1-4-16-8-12-19(13-9-16)28-15-21(26)25(20(5-2)22(27)24-3)14-17-6-10-18(23)11-7-17/h6-13,20H,4-5,14-15H2,1-3H3,(H,24,27). The van der Waals surface area contributed by atoms with Crippen molar-refractivity contribution in [3.8, 4) is 5.75 Å². The van der Waals surface area contributed by atoms with E-state index < -0.39 is 6.04 Å². The topological polar surface area (TPSA) is 58.6 Å². The molecule has 2 amide bonds. The number of amides is 2. The van der Waals surface area contributed by atoms with Gasteiger partial charge >= 0.3 is 0 Å². The fraction of sp³-hybridized carbons (Fsp3) is 0.364. The second-order valence-electron chi connectivity index (χ2n) is 6.47. The molecule has 1 N–H and O–H groups in total. The Morgan fingerprint density at radius 3 is 2.18 bits per heavy atom. The van der Waals surface area contributed by atoms with E-state index in [4.69, 9.17) is 16.3 Å². The minimum absolute atomic E-state index is 0.132. The quantitative estimate of drug-likeness (QED) is 0.693. The SMILES string of the molecule is CCc1ccc(OCC(=O)N(Cc2ccc(Cl)cc2)C(CC)C(=O)NC)cc1. The van der Waals surface area contributed by atoms with Crippen LogP contribution in [-0.4, -0.2) is 36.4 Å². The maximum Gasteiger partial charge on any atom is 0.261 e. The summed E-state index contributed by atoms with van der Waals surface area (Å²) in [6.45, 7) is 4.14. The van der Waals surface area contributed by atoms with E-state index in [0.29, 0.717) is 23.7 Å². The molecular weight excluding hydrogens is 376 g/mol. The first-order valence-electron chi connectivity index (χ1n) is 9.45. The summed E-state index contributed by atoms with van der Waals surface area (Å²) < 4.78 is 5.67. The van der Waals surface area contributed by atoms with Gasteiger partial charge in [0, 0.05) is 18.6 Å². The number of rotatable bonds is 9. The Morgan fingerprint density at radius 1 is 1.04 bits per heavy atom. The molecule has 2 aromatic rings. The van der Waals surface area contributed by atoms with Crippen molar-refractivity contribution in [1.82, 2.24) is 10.2 Å². The van der Waals surface area contributed by atoms with Gasteiger partial charge in [-0.25, -0.2) is 0 Å². The summed E-state index contributed by atoms with van der Waals surface area (Å²) in [7, 11) is 1.57. The number of aryl methyl sites for hydroxylation is 1. The summed E-state index contributed by atoms with van der Waals surface area (Å²) in [5, 5.41) is 3.26. The van der Waals surface area contributed by atoms with Crippen LogP contribution in [0.3, 0.4) is 0 Å². The van der Waals surface area contributed by atoms with Crippen LogP contribution >= 0.6 is 11.6 Å². The monoisotopic (exact) mass is 402 g/mol. The smallest absolute Gasteiger partial charge is 0.261 e. The highest BCUT2D eigenvalue weighted by Gasteiger charge is 2.28. The molecule has 0 aliphatic carbocycles. The molecule has 2 rings (SSSR count). The lowest BCUT2D eigenvalue weighted by Crippen LogP contribution is -2.49. The lowest BCUT2D eigenvalue weighted by atomic mass is 10.1. The van der Waals surface area contributed by atoms with E-state index in [0.717, 1.165) is 12.0 Å². The van der Waals surface area contributed by atoms with Gasteiger partial charge < -0.3 is 15.0 Å². The van der Waals surface area contributed by atoms with Gasteiger partial charge in [0.1, 0.15) is 11.8 Å². The summed E-state index contributed by atoms with van der Waals surface area (Å²) >= 11 is 5.95. The second-order valence-corrected chi connectivity index (χ2v) is 6.91. The first-order chi connectivity index (χ1) is 13.5. The summed E-state index contributed by atoms with van der Waals surface area (Å²) in [6.07, 6.45) is 1.45. The largest absolute Gasteiger partial charge is 0.484 e. The number of hydrogen-bond acceptors (Lipinski definition) is 3. The third-order valence-electron chi connectivity index (χ3n) is 4.59. The van der Waals surface area contributed by atoms with Gasteiger partial charge in [0.2, 0.25) is 5.91 Å². The molecule has 0 saturated heterocycles. The molecule has 0 saturated carbocycles. The van der Waals surface area contributed by atoms with Crippen molar-refractivity contribution in [3.63, 3.8) is 0 Å². The number of benzene rings is 2. The number of ether oxygens (including phenoxy) is 1. The minimum Gasteiger partial charge on any atom is -0.484 e. The predicted octanol–water partition coefficient (Wildman–Crippen LogP) is 3.83. The van der Waals surface area contributed by atoms with Crippen molar-refractivity contribution in [2.75, 3.05) is 13.7 Å². The Balaban J connectivity index is 2.14. The molecule has 5 nitrogen and oxygen atoms in total. The third-order valence-corrected chi connectivity index (χ3v) is 4.84. The number of carbonyl (C=O) groups excluding carboxylic acids is 2. The van der Waals surface area contributed by atoms with Gasteiger partial charge in [-0.2, -0.15) is 0 Å². The second kappa shape index (κ2) is 10.7. The molecule has 0 aliphatic rings. The van der Waals surface area contributed by atoms with Crippen molar-refractivity contribution >= 4 is 23.4 Å². The van der Waals surface area contributed by atoms with Crippen LogP contribution in [0.4, 0.5) is 0 Å². The van der Waals surface area contributed by atoms with E-state index in [1.165, 1.54) is 5.56 Å². The van der Waals surface area contributed by atoms with Crippen LogP contribution in [0.15, 0.2) is 48.5 Å². The van der Waals surface area contributed by atoms with E-state index in [9.17, 15) is 9.59 Å². The average molecular weight is 403 g/mol. The van der Waals surface area contributed by atoms with E-state index in [2.05, 4.69) is 12.2 Å². The molecule has 0 bridgehead atoms. The normalized spacial score (nSPS) is 11.6. The molecule has 1 unspecified atom stereocenters. The first kappa shape index (κ1) is 21.8. The van der Waals surface area contributed by atoms with Crippen LogP contribution in [0.2, 0.25) is 5.02 Å². The van der Waals surface area contributed by atoms with Gasteiger partial charge in [0.05, 0.1) is 0 Å². The average Bonchev–Trinajstić information content (AvgIpc) is 2.73. The number of hydrogen-bond donors (Lipinski definition) is 1. The van der Waals surface area contributed by atoms with Crippen LogP contribution < -0.4 is 10.1 Å². The first-order valence-corrected chi connectivity index (χ1v) is 9.83. The number of nitrogens with one attached hydrogen (secondary N) is 1. The van der Waals surface area contributed by atoms with Crippen molar-refractivity contribution in [2.45, 2.75) is 39.3 Å². The van der Waals surface area contributed by atoms with Gasteiger partial charge in [0.15, 0.2) is 6.61 Å². The van der Waals surface area contributed by atoms with E-state index >= 15 is 0 Å². The molecule has 0 aliphatic heterocycles. The van der Waals surface area contributed by atoms with Crippen LogP contribution in [0.1, 0.15) is 31.4 Å². The van der Waals surface area contributed by atoms with E-state index in [-0.39, 0.29) is 18.4 Å². The summed E-state index contributed by atoms with van der Waals surface area (Å²) in [4.78, 5) is 26.8. The minimum atomic E-state index is -0.570. The zero-order chi connectivity index (χ0) is 20.5. The van der Waals surface area contributed by atoms with E-state index in [1.54, 1.807) is 24.1 Å². The highest BCUT2D eigenvalue weighted by atomic mass is 35.5. The zero-order valence-corrected chi connectivity index (χ0v) is 17.3. The van der Waals surface area contributed by atoms with Crippen LogP contribution in [-0.2, 0) is 22.6 Å². The van der Waals surface area contributed by atoms with Gasteiger partial charge in [-0.3, -0.25) is 9.59 Å². The molecule has 0 aromatic heterocycles. The molecule has 0 spiro atoms. The Hall–Kier alpha value is -2.53. The Morgan fingerprint density at radius 2 is 1.64 bits per heavy atom. The molecule has 6 heteroatoms. The maximum atomic E-state index is 12.9. The fourth-order valence-corrected chi connectivity index (χ4v) is 3.05. The predicted molar refractivity (Wildman–Crippen MR) is 111 cm³/mol. The van der Waals surface area contributed by atoms with Crippen LogP contribution in [0, 0.1) is 0 Å². The number of carbonyl (C=O) groups is 2. The lowest BCUT2D eigenvalue weighted by molar-refractivity contribution is -0.142. The summed E-state index contributed by atoms with van der Waals surface area (Å²) in [5.41, 5.74) is 2.10. The molecule has 0 radical (unpaired) electrons.